The lowest BCUT2D eigenvalue weighted by atomic mass is 10.0. The number of benzene rings is 1. The van der Waals surface area contributed by atoms with Crippen LogP contribution in [0.15, 0.2) is 12.1 Å². The SMILES string of the molecule is NC(CC(=O)N1CCSC1)Cc1cc(F)c(F)cc1F. The molecule has 1 aliphatic rings. The fourth-order valence-corrected chi connectivity index (χ4v) is 3.01. The number of carbonyl (C=O) groups excluding carboxylic acids is 1. The molecule has 0 radical (unpaired) electrons. The van der Waals surface area contributed by atoms with Gasteiger partial charge in [0.15, 0.2) is 11.6 Å². The average Bonchev–Trinajstić information content (AvgIpc) is 2.89. The number of carbonyl (C=O) groups is 1. The lowest BCUT2D eigenvalue weighted by molar-refractivity contribution is -0.130. The van der Waals surface area contributed by atoms with E-state index < -0.39 is 23.5 Å². The molecule has 20 heavy (non-hydrogen) atoms. The monoisotopic (exact) mass is 304 g/mol. The molecule has 1 aromatic rings. The van der Waals surface area contributed by atoms with E-state index in [4.69, 9.17) is 5.73 Å². The van der Waals surface area contributed by atoms with Crippen LogP contribution in [0.5, 0.6) is 0 Å². The van der Waals surface area contributed by atoms with Crippen molar-refractivity contribution in [2.75, 3.05) is 18.2 Å². The first kappa shape index (κ1) is 15.2. The molecule has 1 atom stereocenters. The van der Waals surface area contributed by atoms with Crippen LogP contribution in [-0.4, -0.2) is 35.0 Å². The van der Waals surface area contributed by atoms with Crippen molar-refractivity contribution in [3.63, 3.8) is 0 Å². The normalized spacial score (nSPS) is 16.5. The van der Waals surface area contributed by atoms with Gasteiger partial charge in [0, 0.05) is 30.8 Å². The maximum Gasteiger partial charge on any atom is 0.224 e. The minimum Gasteiger partial charge on any atom is -0.333 e. The van der Waals surface area contributed by atoms with Crippen molar-refractivity contribution in [2.24, 2.45) is 5.73 Å². The molecule has 0 spiro atoms. The molecule has 0 saturated carbocycles. The second kappa shape index (κ2) is 6.49. The summed E-state index contributed by atoms with van der Waals surface area (Å²) in [7, 11) is 0. The summed E-state index contributed by atoms with van der Waals surface area (Å²) in [6.07, 6.45) is 0.0642. The van der Waals surface area contributed by atoms with Gasteiger partial charge in [-0.3, -0.25) is 4.79 Å². The summed E-state index contributed by atoms with van der Waals surface area (Å²) in [5.74, 6) is -1.74. The zero-order chi connectivity index (χ0) is 14.7. The molecule has 3 nitrogen and oxygen atoms in total. The number of rotatable bonds is 4. The molecule has 1 amide bonds. The molecule has 2 rings (SSSR count). The van der Waals surface area contributed by atoms with E-state index in [-0.39, 0.29) is 24.3 Å². The molecular weight excluding hydrogens is 289 g/mol. The van der Waals surface area contributed by atoms with Crippen molar-refractivity contribution in [3.8, 4) is 0 Å². The van der Waals surface area contributed by atoms with Gasteiger partial charge in [0.25, 0.3) is 0 Å². The van der Waals surface area contributed by atoms with E-state index >= 15 is 0 Å². The molecule has 0 aromatic heterocycles. The van der Waals surface area contributed by atoms with Gasteiger partial charge in [0.2, 0.25) is 5.91 Å². The molecule has 1 aromatic carbocycles. The number of halogens is 3. The van der Waals surface area contributed by atoms with Gasteiger partial charge in [-0.05, 0) is 18.1 Å². The van der Waals surface area contributed by atoms with Gasteiger partial charge in [-0.25, -0.2) is 13.2 Å². The Morgan fingerprint density at radius 1 is 1.30 bits per heavy atom. The van der Waals surface area contributed by atoms with Crippen molar-refractivity contribution in [2.45, 2.75) is 18.9 Å². The predicted octanol–water partition coefficient (Wildman–Crippen LogP) is 1.90. The summed E-state index contributed by atoms with van der Waals surface area (Å²) in [4.78, 5) is 13.5. The number of amides is 1. The third-order valence-corrected chi connectivity index (χ3v) is 4.08. The van der Waals surface area contributed by atoms with Crippen molar-refractivity contribution >= 4 is 17.7 Å². The van der Waals surface area contributed by atoms with Crippen LogP contribution < -0.4 is 5.73 Å². The Bertz CT molecular complexity index is 507. The molecule has 2 N–H and O–H groups in total. The molecule has 1 fully saturated rings. The summed E-state index contributed by atoms with van der Waals surface area (Å²) >= 11 is 1.66. The van der Waals surface area contributed by atoms with Crippen LogP contribution in [0.4, 0.5) is 13.2 Å². The second-order valence-electron chi connectivity index (χ2n) is 4.72. The van der Waals surface area contributed by atoms with Crippen molar-refractivity contribution in [3.05, 3.63) is 35.1 Å². The van der Waals surface area contributed by atoms with E-state index in [9.17, 15) is 18.0 Å². The lowest BCUT2D eigenvalue weighted by Gasteiger charge is -2.18. The Kier molecular flexibility index (Phi) is 4.93. The zero-order valence-corrected chi connectivity index (χ0v) is 11.6. The van der Waals surface area contributed by atoms with Gasteiger partial charge in [-0.2, -0.15) is 0 Å². The third kappa shape index (κ3) is 3.67. The molecule has 0 bridgehead atoms. The largest absolute Gasteiger partial charge is 0.333 e. The fraction of sp³-hybridized carbons (Fsp3) is 0.462. The molecule has 110 valence electrons. The molecule has 1 aliphatic heterocycles. The highest BCUT2D eigenvalue weighted by Gasteiger charge is 2.21. The van der Waals surface area contributed by atoms with Crippen molar-refractivity contribution in [1.82, 2.24) is 4.90 Å². The van der Waals surface area contributed by atoms with E-state index in [1.165, 1.54) is 0 Å². The van der Waals surface area contributed by atoms with Gasteiger partial charge in [-0.1, -0.05) is 0 Å². The summed E-state index contributed by atoms with van der Waals surface area (Å²) in [5.41, 5.74) is 5.78. The topological polar surface area (TPSA) is 46.3 Å². The number of hydrogen-bond donors (Lipinski definition) is 1. The first-order valence-corrected chi connectivity index (χ1v) is 7.37. The van der Waals surface area contributed by atoms with E-state index in [1.807, 2.05) is 0 Å². The Morgan fingerprint density at radius 2 is 2.00 bits per heavy atom. The van der Waals surface area contributed by atoms with Crippen LogP contribution in [0.3, 0.4) is 0 Å². The summed E-state index contributed by atoms with van der Waals surface area (Å²) in [6, 6.07) is 0.671. The maximum absolute atomic E-state index is 13.5. The molecule has 0 aliphatic carbocycles. The molecule has 1 unspecified atom stereocenters. The summed E-state index contributed by atoms with van der Waals surface area (Å²) in [6.45, 7) is 0.690. The number of hydrogen-bond acceptors (Lipinski definition) is 3. The van der Waals surface area contributed by atoms with Crippen LogP contribution in [0.2, 0.25) is 0 Å². The van der Waals surface area contributed by atoms with Gasteiger partial charge >= 0.3 is 0 Å². The third-order valence-electron chi connectivity index (χ3n) is 3.11. The van der Waals surface area contributed by atoms with Gasteiger partial charge in [0.05, 0.1) is 5.88 Å². The highest BCUT2D eigenvalue weighted by molar-refractivity contribution is 7.99. The Hall–Kier alpha value is -1.21. The molecule has 7 heteroatoms. The Morgan fingerprint density at radius 3 is 2.65 bits per heavy atom. The molecular formula is C13H15F3N2OS. The quantitative estimate of drug-likeness (QED) is 0.864. The van der Waals surface area contributed by atoms with E-state index in [2.05, 4.69) is 0 Å². The predicted molar refractivity (Wildman–Crippen MR) is 71.7 cm³/mol. The van der Waals surface area contributed by atoms with Crippen LogP contribution in [0.25, 0.3) is 0 Å². The van der Waals surface area contributed by atoms with Crippen LogP contribution in [-0.2, 0) is 11.2 Å². The lowest BCUT2D eigenvalue weighted by Crippen LogP contribution is -2.35. The fourth-order valence-electron chi connectivity index (χ4n) is 2.04. The number of nitrogens with two attached hydrogens (primary N) is 1. The highest BCUT2D eigenvalue weighted by Crippen LogP contribution is 2.18. The minimum atomic E-state index is -1.23. The smallest absolute Gasteiger partial charge is 0.224 e. The van der Waals surface area contributed by atoms with E-state index in [1.54, 1.807) is 16.7 Å². The van der Waals surface area contributed by atoms with Gasteiger partial charge < -0.3 is 10.6 Å². The summed E-state index contributed by atoms with van der Waals surface area (Å²) < 4.78 is 39.3. The first-order chi connectivity index (χ1) is 9.47. The Balaban J connectivity index is 1.95. The number of nitrogens with zero attached hydrogens (tertiary/aromatic N) is 1. The van der Waals surface area contributed by atoms with Crippen molar-refractivity contribution < 1.29 is 18.0 Å². The van der Waals surface area contributed by atoms with E-state index in [0.29, 0.717) is 18.5 Å². The molecule has 1 saturated heterocycles. The van der Waals surface area contributed by atoms with Gasteiger partial charge in [0.1, 0.15) is 5.82 Å². The zero-order valence-electron chi connectivity index (χ0n) is 10.7. The number of thioether (sulfide) groups is 1. The Labute approximate surface area is 119 Å². The van der Waals surface area contributed by atoms with Crippen LogP contribution in [0, 0.1) is 17.5 Å². The standard InChI is InChI=1S/C13H15F3N2OS/c14-10-6-12(16)11(15)4-8(10)3-9(17)5-13(19)18-1-2-20-7-18/h4,6,9H,1-3,5,7,17H2. The van der Waals surface area contributed by atoms with E-state index in [0.717, 1.165) is 11.8 Å². The highest BCUT2D eigenvalue weighted by atomic mass is 32.2. The second-order valence-corrected chi connectivity index (χ2v) is 5.80. The van der Waals surface area contributed by atoms with Gasteiger partial charge in [-0.15, -0.1) is 11.8 Å². The van der Waals surface area contributed by atoms with Crippen molar-refractivity contribution in [1.29, 1.82) is 0 Å². The van der Waals surface area contributed by atoms with Crippen LogP contribution in [0.1, 0.15) is 12.0 Å². The summed E-state index contributed by atoms with van der Waals surface area (Å²) in [5, 5.41) is 0. The first-order valence-electron chi connectivity index (χ1n) is 6.22. The molecule has 1 heterocycles. The van der Waals surface area contributed by atoms with Crippen LogP contribution >= 0.6 is 11.8 Å². The average molecular weight is 304 g/mol. The minimum absolute atomic E-state index is 0.00421. The maximum atomic E-state index is 13.5.